The number of methoxy groups -OCH3 is 1. The van der Waals surface area contributed by atoms with Gasteiger partial charge in [0.25, 0.3) is 0 Å². The van der Waals surface area contributed by atoms with Crippen LogP contribution in [0.5, 0.6) is 0 Å². The number of rotatable bonds is 1. The molecule has 0 amide bonds. The van der Waals surface area contributed by atoms with Crippen molar-refractivity contribution in [1.29, 1.82) is 5.41 Å². The van der Waals surface area contributed by atoms with Crippen LogP contribution in [0.1, 0.15) is 5.69 Å². The highest BCUT2D eigenvalue weighted by molar-refractivity contribution is 5.96. The maximum atomic E-state index is 7.61. The molecular weight excluding hydrogens is 176 g/mol. The first-order valence-electron chi connectivity index (χ1n) is 4.41. The van der Waals surface area contributed by atoms with Gasteiger partial charge in [-0.2, -0.15) is 0 Å². The van der Waals surface area contributed by atoms with Crippen molar-refractivity contribution in [3.63, 3.8) is 0 Å². The van der Waals surface area contributed by atoms with Crippen LogP contribution < -0.4 is 0 Å². The standard InChI is InChI=1S/C11H12N2O/c1-13-9-6-4-3-5-8(9)7-10(13)11(12)14-2/h3-7,12H,1-2H3. The predicted molar refractivity (Wildman–Crippen MR) is 56.8 cm³/mol. The van der Waals surface area contributed by atoms with E-state index >= 15 is 0 Å². The van der Waals surface area contributed by atoms with E-state index in [9.17, 15) is 0 Å². The molecule has 72 valence electrons. The Labute approximate surface area is 82.4 Å². The zero-order valence-electron chi connectivity index (χ0n) is 8.24. The molecule has 0 aliphatic carbocycles. The van der Waals surface area contributed by atoms with Crippen LogP contribution in [-0.2, 0) is 11.8 Å². The van der Waals surface area contributed by atoms with E-state index in [0.29, 0.717) is 0 Å². The second-order valence-electron chi connectivity index (χ2n) is 3.18. The fraction of sp³-hybridized carbons (Fsp3) is 0.182. The molecule has 1 aromatic heterocycles. The third-order valence-corrected chi connectivity index (χ3v) is 2.39. The van der Waals surface area contributed by atoms with Crippen molar-refractivity contribution in [3.8, 4) is 0 Å². The molecule has 0 atom stereocenters. The van der Waals surface area contributed by atoms with Gasteiger partial charge in [-0.25, -0.2) is 0 Å². The van der Waals surface area contributed by atoms with Crippen LogP contribution in [0.2, 0.25) is 0 Å². The summed E-state index contributed by atoms with van der Waals surface area (Å²) in [4.78, 5) is 0. The number of nitrogens with zero attached hydrogens (tertiary/aromatic N) is 1. The molecule has 2 aromatic rings. The maximum Gasteiger partial charge on any atom is 0.230 e. The molecule has 0 radical (unpaired) electrons. The number of aromatic nitrogens is 1. The van der Waals surface area contributed by atoms with E-state index in [1.165, 1.54) is 7.11 Å². The second kappa shape index (κ2) is 3.18. The summed E-state index contributed by atoms with van der Waals surface area (Å²) in [7, 11) is 3.45. The Morgan fingerprint density at radius 1 is 1.36 bits per heavy atom. The fourth-order valence-electron chi connectivity index (χ4n) is 1.61. The average Bonchev–Trinajstić information content (AvgIpc) is 2.56. The number of para-hydroxylation sites is 1. The van der Waals surface area contributed by atoms with Gasteiger partial charge in [-0.3, -0.25) is 5.41 Å². The molecule has 3 nitrogen and oxygen atoms in total. The van der Waals surface area contributed by atoms with Gasteiger partial charge in [-0.05, 0) is 12.1 Å². The molecule has 0 saturated carbocycles. The molecule has 1 aromatic carbocycles. The van der Waals surface area contributed by atoms with Crippen molar-refractivity contribution in [1.82, 2.24) is 4.57 Å². The minimum atomic E-state index is 0.198. The average molecular weight is 188 g/mol. The van der Waals surface area contributed by atoms with Gasteiger partial charge < -0.3 is 9.30 Å². The van der Waals surface area contributed by atoms with E-state index in [1.807, 2.05) is 41.9 Å². The summed E-state index contributed by atoms with van der Waals surface area (Å²) in [6.45, 7) is 0. The topological polar surface area (TPSA) is 38.0 Å². The summed E-state index contributed by atoms with van der Waals surface area (Å²) < 4.78 is 6.87. The summed E-state index contributed by atoms with van der Waals surface area (Å²) in [6.07, 6.45) is 0. The molecule has 0 saturated heterocycles. The molecule has 1 heterocycles. The second-order valence-corrected chi connectivity index (χ2v) is 3.18. The van der Waals surface area contributed by atoms with Crippen molar-refractivity contribution in [2.24, 2.45) is 7.05 Å². The highest BCUT2D eigenvalue weighted by atomic mass is 16.5. The normalized spacial score (nSPS) is 10.4. The van der Waals surface area contributed by atoms with Crippen LogP contribution in [0.3, 0.4) is 0 Å². The molecule has 1 N–H and O–H groups in total. The summed E-state index contributed by atoms with van der Waals surface area (Å²) in [6, 6.07) is 10.00. The van der Waals surface area contributed by atoms with Crippen molar-refractivity contribution in [2.45, 2.75) is 0 Å². The minimum Gasteiger partial charge on any atom is -0.480 e. The van der Waals surface area contributed by atoms with Gasteiger partial charge in [-0.15, -0.1) is 0 Å². The Morgan fingerprint density at radius 2 is 2.07 bits per heavy atom. The highest BCUT2D eigenvalue weighted by Crippen LogP contribution is 2.18. The van der Waals surface area contributed by atoms with Gasteiger partial charge in [0.05, 0.1) is 7.11 Å². The minimum absolute atomic E-state index is 0.198. The molecular formula is C11H12N2O. The predicted octanol–water partition coefficient (Wildman–Crippen LogP) is 2.15. The quantitative estimate of drug-likeness (QED) is 0.540. The Morgan fingerprint density at radius 3 is 2.71 bits per heavy atom. The van der Waals surface area contributed by atoms with Crippen LogP contribution >= 0.6 is 0 Å². The van der Waals surface area contributed by atoms with Gasteiger partial charge in [0.2, 0.25) is 5.90 Å². The molecule has 2 rings (SSSR count). The highest BCUT2D eigenvalue weighted by Gasteiger charge is 2.09. The van der Waals surface area contributed by atoms with Crippen molar-refractivity contribution >= 4 is 16.8 Å². The lowest BCUT2D eigenvalue weighted by Crippen LogP contribution is -2.06. The first kappa shape index (κ1) is 8.81. The van der Waals surface area contributed by atoms with Crippen molar-refractivity contribution in [3.05, 3.63) is 36.0 Å². The van der Waals surface area contributed by atoms with Gasteiger partial charge in [0.15, 0.2) is 0 Å². The number of hydrogen-bond donors (Lipinski definition) is 1. The van der Waals surface area contributed by atoms with Gasteiger partial charge >= 0.3 is 0 Å². The van der Waals surface area contributed by atoms with E-state index in [0.717, 1.165) is 16.6 Å². The number of nitrogens with one attached hydrogen (secondary N) is 1. The summed E-state index contributed by atoms with van der Waals surface area (Å²) in [5, 5.41) is 8.74. The largest absolute Gasteiger partial charge is 0.480 e. The monoisotopic (exact) mass is 188 g/mol. The van der Waals surface area contributed by atoms with Crippen LogP contribution in [0.4, 0.5) is 0 Å². The van der Waals surface area contributed by atoms with Crippen LogP contribution in [-0.4, -0.2) is 17.6 Å². The molecule has 0 fully saturated rings. The number of aryl methyl sites for hydroxylation is 1. The first-order valence-corrected chi connectivity index (χ1v) is 4.41. The van der Waals surface area contributed by atoms with E-state index in [2.05, 4.69) is 0 Å². The van der Waals surface area contributed by atoms with Crippen LogP contribution in [0, 0.1) is 5.41 Å². The van der Waals surface area contributed by atoms with E-state index in [4.69, 9.17) is 10.1 Å². The lowest BCUT2D eigenvalue weighted by atomic mass is 10.2. The molecule has 3 heteroatoms. The summed E-state index contributed by atoms with van der Waals surface area (Å²) in [5.74, 6) is 0.198. The fourth-order valence-corrected chi connectivity index (χ4v) is 1.61. The maximum absolute atomic E-state index is 7.61. The SMILES string of the molecule is COC(=N)c1cc2ccccc2n1C. The third kappa shape index (κ3) is 1.18. The molecule has 0 unspecified atom stereocenters. The van der Waals surface area contributed by atoms with Crippen LogP contribution in [0.25, 0.3) is 10.9 Å². The number of hydrogen-bond acceptors (Lipinski definition) is 2. The zero-order chi connectivity index (χ0) is 10.1. The zero-order valence-corrected chi connectivity index (χ0v) is 8.24. The number of benzene rings is 1. The molecule has 0 bridgehead atoms. The molecule has 14 heavy (non-hydrogen) atoms. The van der Waals surface area contributed by atoms with E-state index in [1.54, 1.807) is 0 Å². The van der Waals surface area contributed by atoms with Gasteiger partial charge in [0, 0.05) is 18.0 Å². The Balaban J connectivity index is 2.68. The Hall–Kier alpha value is -1.77. The summed E-state index contributed by atoms with van der Waals surface area (Å²) in [5.41, 5.74) is 1.91. The van der Waals surface area contributed by atoms with Crippen molar-refractivity contribution < 1.29 is 4.74 Å². The smallest absolute Gasteiger partial charge is 0.230 e. The third-order valence-electron chi connectivity index (χ3n) is 2.39. The number of fused-ring (bicyclic) bond motifs is 1. The van der Waals surface area contributed by atoms with Gasteiger partial charge in [-0.1, -0.05) is 18.2 Å². The Bertz CT molecular complexity index is 485. The Kier molecular flexibility index (Phi) is 2.00. The lowest BCUT2D eigenvalue weighted by Gasteiger charge is -2.03. The van der Waals surface area contributed by atoms with Crippen molar-refractivity contribution in [2.75, 3.05) is 7.11 Å². The van der Waals surface area contributed by atoms with Gasteiger partial charge in [0.1, 0.15) is 5.69 Å². The molecule has 0 spiro atoms. The van der Waals surface area contributed by atoms with E-state index < -0.39 is 0 Å². The molecule has 0 aliphatic heterocycles. The summed E-state index contributed by atoms with van der Waals surface area (Å²) >= 11 is 0. The first-order chi connectivity index (χ1) is 6.74. The number of ether oxygens (including phenoxy) is 1. The van der Waals surface area contributed by atoms with Crippen LogP contribution in [0.15, 0.2) is 30.3 Å². The van der Waals surface area contributed by atoms with E-state index in [-0.39, 0.29) is 5.90 Å². The molecule has 0 aliphatic rings. The lowest BCUT2D eigenvalue weighted by molar-refractivity contribution is 0.398.